The number of nitriles is 6. The number of nitrogens with zero attached hydrogens (tertiary/aromatic N) is 6. The molecule has 0 saturated carbocycles. The fourth-order valence-corrected chi connectivity index (χ4v) is 1.09. The van der Waals surface area contributed by atoms with Gasteiger partial charge in [-0.15, -0.1) is 0 Å². The first-order valence-electron chi connectivity index (χ1n) is 2.40. The van der Waals surface area contributed by atoms with Crippen molar-refractivity contribution in [1.82, 2.24) is 0 Å². The minimum Gasteiger partial charge on any atom is 2.00 e. The first kappa shape index (κ1) is 14.5. The molecule has 0 aromatic carbocycles. The molecule has 0 aliphatic heterocycles. The zero-order valence-corrected chi connectivity index (χ0v) is 8.44. The second-order valence-electron chi connectivity index (χ2n) is 1.80. The smallest absolute Gasteiger partial charge is 2.00 e. The molecule has 6 nitrogen and oxygen atoms in total. The van der Waals surface area contributed by atoms with E-state index in [0.717, 1.165) is 29.8 Å². The van der Waals surface area contributed by atoms with Gasteiger partial charge in [-0.3, -0.25) is 0 Å². The Bertz CT molecular complexity index is 392. The van der Waals surface area contributed by atoms with E-state index < -0.39 is 10.7 Å². The molecule has 0 spiro atoms. The van der Waals surface area contributed by atoms with Crippen molar-refractivity contribution in [2.75, 3.05) is 0 Å². The molecule has 0 amide bonds. The third kappa shape index (κ3) is 1.02. The van der Waals surface area contributed by atoms with Gasteiger partial charge < -0.3 is 0 Å². The van der Waals surface area contributed by atoms with Crippen molar-refractivity contribution >= 4 is 0 Å². The van der Waals surface area contributed by atoms with E-state index in [1.54, 1.807) is 0 Å². The summed E-state index contributed by atoms with van der Waals surface area (Å²) >= 11 is 0. The van der Waals surface area contributed by atoms with Gasteiger partial charge in [-0.1, -0.05) is 0 Å². The van der Waals surface area contributed by atoms with Gasteiger partial charge in [0.05, 0.1) is 0 Å². The third-order valence-corrected chi connectivity index (χ3v) is 4.89. The first-order chi connectivity index (χ1) is 5.97. The van der Waals surface area contributed by atoms with E-state index in [9.17, 15) is 0 Å². The Kier molecular flexibility index (Phi) is 3.12. The van der Waals surface area contributed by atoms with Crippen LogP contribution in [0.1, 0.15) is 0 Å². The largest absolute Gasteiger partial charge is 2.00 e. The Morgan fingerprint density at radius 1 is 0.500 bits per heavy atom. The third-order valence-electron chi connectivity index (χ3n) is 1.19. The molecule has 0 saturated heterocycles. The molecule has 0 aliphatic carbocycles. The van der Waals surface area contributed by atoms with Crippen LogP contribution >= 0.6 is 0 Å². The minimum atomic E-state index is -6.17. The maximum absolute atomic E-state index is 8.58. The van der Waals surface area contributed by atoms with Crippen molar-refractivity contribution in [2.45, 2.75) is 0 Å². The van der Waals surface area contributed by atoms with Gasteiger partial charge in [-0.2, -0.15) is 0 Å². The van der Waals surface area contributed by atoms with Crippen LogP contribution in [-0.4, -0.2) is 0 Å². The van der Waals surface area contributed by atoms with E-state index in [2.05, 4.69) is 0 Å². The van der Waals surface area contributed by atoms with Crippen LogP contribution in [0.2, 0.25) is 0 Å². The summed E-state index contributed by atoms with van der Waals surface area (Å²) in [7, 11) is -6.17. The van der Waals surface area contributed by atoms with Crippen LogP contribution in [0.15, 0.2) is 0 Å². The molecule has 8 heteroatoms. The van der Waals surface area contributed by atoms with Crippen LogP contribution in [0.3, 0.4) is 0 Å². The minimum absolute atomic E-state index is 0. The molecule has 14 heavy (non-hydrogen) atoms. The van der Waals surface area contributed by atoms with E-state index in [1.165, 1.54) is 0 Å². The second kappa shape index (κ2) is 3.02. The number of rotatable bonds is 0. The van der Waals surface area contributed by atoms with Crippen molar-refractivity contribution in [2.24, 2.45) is 0 Å². The van der Waals surface area contributed by atoms with Gasteiger partial charge in [-0.25, -0.2) is 0 Å². The molecule has 0 aromatic rings. The van der Waals surface area contributed by atoms with Crippen LogP contribution in [0, 0.1) is 61.4 Å². The summed E-state index contributed by atoms with van der Waals surface area (Å²) in [5.41, 5.74) is 0. The normalized spacial score (nSPS) is 12.4. The van der Waals surface area contributed by atoms with Crippen molar-refractivity contribution < 1.29 is 27.2 Å². The molecule has 72 valence electrons. The monoisotopic (exact) mass is 270 g/mol. The Morgan fingerprint density at radius 3 is 0.643 bits per heavy atom. The molecule has 0 radical (unpaired) electrons. The SMILES string of the molecule is N#[C][Fe-2]([C]#N)([C]#N)([C]#N)([C]#N)[C]#N.[Ni+2]. The number of hydrogen-bond acceptors (Lipinski definition) is 6. The summed E-state index contributed by atoms with van der Waals surface area (Å²) in [6, 6.07) is 0. The molecular formula is C6FeN6Ni. The van der Waals surface area contributed by atoms with Gasteiger partial charge in [0.15, 0.2) is 0 Å². The Morgan fingerprint density at radius 2 is 0.643 bits per heavy atom. The van der Waals surface area contributed by atoms with Gasteiger partial charge in [0.1, 0.15) is 0 Å². The predicted molar refractivity (Wildman–Crippen MR) is 33.7 cm³/mol. The van der Waals surface area contributed by atoms with Crippen LogP contribution in [0.5, 0.6) is 0 Å². The van der Waals surface area contributed by atoms with Crippen molar-refractivity contribution in [1.29, 1.82) is 31.6 Å². The fraction of sp³-hybridized carbons (Fsp3) is 0. The van der Waals surface area contributed by atoms with Crippen LogP contribution in [0.25, 0.3) is 0 Å². The van der Waals surface area contributed by atoms with E-state index in [-0.39, 0.29) is 16.5 Å². The molecule has 0 N–H and O–H groups in total. The average molecular weight is 271 g/mol. The maximum Gasteiger partial charge on any atom is 2.00 e. The Labute approximate surface area is 88.6 Å². The van der Waals surface area contributed by atoms with Crippen LogP contribution < -0.4 is 0 Å². The van der Waals surface area contributed by atoms with E-state index in [1.807, 2.05) is 0 Å². The molecule has 0 rings (SSSR count). The Balaban J connectivity index is 0. The quantitative estimate of drug-likeness (QED) is 0.571. The Hall–Kier alpha value is -2.05. The molecule has 0 heterocycles. The summed E-state index contributed by atoms with van der Waals surface area (Å²) in [5.74, 6) is 0. The van der Waals surface area contributed by atoms with Crippen LogP contribution in [0.4, 0.5) is 0 Å². The maximum atomic E-state index is 8.58. The average Bonchev–Trinajstić information content (AvgIpc) is 2.26. The zero-order valence-electron chi connectivity index (χ0n) is 6.35. The fourth-order valence-electron chi connectivity index (χ4n) is 0.265. The van der Waals surface area contributed by atoms with E-state index in [4.69, 9.17) is 31.6 Å². The van der Waals surface area contributed by atoms with Gasteiger partial charge in [0.25, 0.3) is 0 Å². The first-order valence-corrected chi connectivity index (χ1v) is 5.71. The molecule has 0 aromatic heterocycles. The number of hydrogen-bond donors (Lipinski definition) is 0. The molecule has 0 unspecified atom stereocenters. The second-order valence-corrected chi connectivity index (χ2v) is 7.42. The van der Waals surface area contributed by atoms with Crippen molar-refractivity contribution in [3.8, 4) is 29.8 Å². The summed E-state index contributed by atoms with van der Waals surface area (Å²) in [4.78, 5) is 6.19. The van der Waals surface area contributed by atoms with Crippen molar-refractivity contribution in [3.05, 3.63) is 0 Å². The molecule has 0 fully saturated rings. The van der Waals surface area contributed by atoms with Gasteiger partial charge in [0, 0.05) is 0 Å². The standard InChI is InChI=1S/6CN.Fe.Ni/c6*1-2;;/q;;;;;;-2;+2. The molecular weight excluding hydrogens is 271 g/mol. The molecule has 0 bridgehead atoms. The summed E-state index contributed by atoms with van der Waals surface area (Å²) in [6.45, 7) is 0. The zero-order chi connectivity index (χ0) is 10.7. The van der Waals surface area contributed by atoms with E-state index in [0.29, 0.717) is 0 Å². The predicted octanol–water partition coefficient (Wildman–Crippen LogP) is 0.0957. The van der Waals surface area contributed by atoms with Gasteiger partial charge in [-0.05, 0) is 0 Å². The molecule has 0 atom stereocenters. The molecule has 0 aliphatic rings. The topological polar surface area (TPSA) is 143 Å². The van der Waals surface area contributed by atoms with Gasteiger partial charge in [0.2, 0.25) is 0 Å². The summed E-state index contributed by atoms with van der Waals surface area (Å²) < 4.78 is 0. The van der Waals surface area contributed by atoms with Gasteiger partial charge >= 0.3 is 88.6 Å². The summed E-state index contributed by atoms with van der Waals surface area (Å²) in [6.07, 6.45) is 0. The van der Waals surface area contributed by atoms with E-state index >= 15 is 0 Å². The van der Waals surface area contributed by atoms with Crippen LogP contribution in [-0.2, 0) is 27.2 Å². The van der Waals surface area contributed by atoms with Crippen molar-refractivity contribution in [3.63, 3.8) is 0 Å². The summed E-state index contributed by atoms with van der Waals surface area (Å²) in [5, 5.41) is 51.5.